The molecule has 1 N–H and O–H groups in total. The molecule has 0 fully saturated rings. The summed E-state index contributed by atoms with van der Waals surface area (Å²) in [4.78, 5) is 4.15. The van der Waals surface area contributed by atoms with Gasteiger partial charge in [0.25, 0.3) is 0 Å². The molecule has 2 aromatic rings. The van der Waals surface area contributed by atoms with Crippen LogP contribution in [0.3, 0.4) is 0 Å². The number of halogens is 1. The fourth-order valence-electron chi connectivity index (χ4n) is 2.06. The molecule has 0 aliphatic carbocycles. The van der Waals surface area contributed by atoms with E-state index in [1.54, 1.807) is 12.5 Å². The van der Waals surface area contributed by atoms with Gasteiger partial charge in [-0.15, -0.1) is 0 Å². The van der Waals surface area contributed by atoms with Gasteiger partial charge in [0.1, 0.15) is 5.76 Å². The molecule has 2 heterocycles. The minimum atomic E-state index is 0.240. The summed E-state index contributed by atoms with van der Waals surface area (Å²) in [7, 11) is 0. The molecule has 0 saturated heterocycles. The first-order valence-electron chi connectivity index (χ1n) is 6.66. The summed E-state index contributed by atoms with van der Waals surface area (Å²) in [5, 5.41) is 3.54. The van der Waals surface area contributed by atoms with Crippen molar-refractivity contribution in [1.29, 1.82) is 0 Å². The van der Waals surface area contributed by atoms with Crippen molar-refractivity contribution in [1.82, 2.24) is 10.3 Å². The van der Waals surface area contributed by atoms with E-state index >= 15 is 0 Å². The number of pyridine rings is 1. The Balaban J connectivity index is 2.00. The monoisotopic (exact) mass is 322 g/mol. The topological polar surface area (TPSA) is 38.1 Å². The average molecular weight is 323 g/mol. The number of furan rings is 1. The summed E-state index contributed by atoms with van der Waals surface area (Å²) in [6.45, 7) is 3.16. The molecule has 0 amide bonds. The lowest BCUT2D eigenvalue weighted by Crippen LogP contribution is -2.22. The predicted octanol–water partition coefficient (Wildman–Crippen LogP) is 4.11. The SMILES string of the molecule is CCCNC(CCc1cccnc1)c1occc1Br. The molecule has 2 rings (SSSR count). The zero-order chi connectivity index (χ0) is 13.5. The lowest BCUT2D eigenvalue weighted by atomic mass is 10.0. The molecule has 0 aromatic carbocycles. The molecule has 0 radical (unpaired) electrons. The van der Waals surface area contributed by atoms with Crippen LogP contribution in [-0.2, 0) is 6.42 Å². The maximum Gasteiger partial charge on any atom is 0.134 e. The predicted molar refractivity (Wildman–Crippen MR) is 80.0 cm³/mol. The van der Waals surface area contributed by atoms with Crippen LogP contribution in [0.25, 0.3) is 0 Å². The van der Waals surface area contributed by atoms with Crippen molar-refractivity contribution in [3.8, 4) is 0 Å². The van der Waals surface area contributed by atoms with Gasteiger partial charge in [0.15, 0.2) is 0 Å². The van der Waals surface area contributed by atoms with Crippen molar-refractivity contribution in [3.63, 3.8) is 0 Å². The van der Waals surface area contributed by atoms with Gasteiger partial charge in [-0.2, -0.15) is 0 Å². The number of aromatic nitrogens is 1. The third-order valence-electron chi connectivity index (χ3n) is 3.05. The first-order valence-corrected chi connectivity index (χ1v) is 7.45. The van der Waals surface area contributed by atoms with Gasteiger partial charge >= 0.3 is 0 Å². The fourth-order valence-corrected chi connectivity index (χ4v) is 2.53. The van der Waals surface area contributed by atoms with Crippen LogP contribution in [0.5, 0.6) is 0 Å². The Bertz CT molecular complexity index is 484. The van der Waals surface area contributed by atoms with E-state index < -0.39 is 0 Å². The van der Waals surface area contributed by atoms with Crippen LogP contribution in [0.4, 0.5) is 0 Å². The normalized spacial score (nSPS) is 12.5. The van der Waals surface area contributed by atoms with Crippen LogP contribution in [0, 0.1) is 0 Å². The minimum absolute atomic E-state index is 0.240. The van der Waals surface area contributed by atoms with Gasteiger partial charge < -0.3 is 9.73 Å². The van der Waals surface area contributed by atoms with Gasteiger partial charge in [0.2, 0.25) is 0 Å². The number of nitrogens with one attached hydrogen (secondary N) is 1. The third kappa shape index (κ3) is 4.18. The molecule has 19 heavy (non-hydrogen) atoms. The highest BCUT2D eigenvalue weighted by Crippen LogP contribution is 2.27. The largest absolute Gasteiger partial charge is 0.466 e. The second-order valence-electron chi connectivity index (χ2n) is 4.54. The summed E-state index contributed by atoms with van der Waals surface area (Å²) >= 11 is 3.54. The first-order chi connectivity index (χ1) is 9.31. The third-order valence-corrected chi connectivity index (χ3v) is 3.70. The van der Waals surface area contributed by atoms with Crippen molar-refractivity contribution in [2.24, 2.45) is 0 Å². The van der Waals surface area contributed by atoms with Gasteiger partial charge in [-0.05, 0) is 59.4 Å². The molecule has 0 aliphatic heterocycles. The number of nitrogens with zero attached hydrogens (tertiary/aromatic N) is 1. The van der Waals surface area contributed by atoms with Gasteiger partial charge in [0.05, 0.1) is 16.8 Å². The average Bonchev–Trinajstić information content (AvgIpc) is 2.86. The standard InChI is InChI=1S/C15H19BrN2O/c1-2-8-18-14(15-13(16)7-10-19-15)6-5-12-4-3-9-17-11-12/h3-4,7,9-11,14,18H,2,5-6,8H2,1H3. The van der Waals surface area contributed by atoms with E-state index in [1.165, 1.54) is 5.56 Å². The van der Waals surface area contributed by atoms with Crippen LogP contribution in [0.1, 0.15) is 37.1 Å². The molecule has 2 aromatic heterocycles. The molecule has 0 bridgehead atoms. The lowest BCUT2D eigenvalue weighted by molar-refractivity contribution is 0.393. The van der Waals surface area contributed by atoms with Gasteiger partial charge in [-0.1, -0.05) is 13.0 Å². The first kappa shape index (κ1) is 14.3. The van der Waals surface area contributed by atoms with Crippen LogP contribution >= 0.6 is 15.9 Å². The zero-order valence-corrected chi connectivity index (χ0v) is 12.7. The Morgan fingerprint density at radius 3 is 2.95 bits per heavy atom. The maximum atomic E-state index is 5.59. The van der Waals surface area contributed by atoms with E-state index in [1.807, 2.05) is 18.3 Å². The van der Waals surface area contributed by atoms with Crippen molar-refractivity contribution in [2.45, 2.75) is 32.2 Å². The summed E-state index contributed by atoms with van der Waals surface area (Å²) in [6, 6.07) is 6.28. The highest BCUT2D eigenvalue weighted by Gasteiger charge is 2.17. The van der Waals surface area contributed by atoms with E-state index in [0.717, 1.165) is 36.0 Å². The molecule has 0 spiro atoms. The number of hydrogen-bond acceptors (Lipinski definition) is 3. The smallest absolute Gasteiger partial charge is 0.134 e. The Morgan fingerprint density at radius 1 is 1.42 bits per heavy atom. The van der Waals surface area contributed by atoms with Crippen molar-refractivity contribution < 1.29 is 4.42 Å². The van der Waals surface area contributed by atoms with Crippen molar-refractivity contribution in [3.05, 3.63) is 52.7 Å². The Morgan fingerprint density at radius 2 is 2.32 bits per heavy atom. The van der Waals surface area contributed by atoms with E-state index in [2.05, 4.69) is 39.2 Å². The lowest BCUT2D eigenvalue weighted by Gasteiger charge is -2.16. The number of hydrogen-bond donors (Lipinski definition) is 1. The molecular weight excluding hydrogens is 304 g/mol. The molecule has 1 atom stereocenters. The molecule has 1 unspecified atom stereocenters. The summed E-state index contributed by atoms with van der Waals surface area (Å²) in [6.07, 6.45) is 8.56. The highest BCUT2D eigenvalue weighted by molar-refractivity contribution is 9.10. The van der Waals surface area contributed by atoms with E-state index in [4.69, 9.17) is 4.42 Å². The van der Waals surface area contributed by atoms with Crippen LogP contribution in [0.15, 0.2) is 45.7 Å². The molecule has 0 aliphatic rings. The van der Waals surface area contributed by atoms with E-state index in [9.17, 15) is 0 Å². The zero-order valence-electron chi connectivity index (χ0n) is 11.1. The van der Waals surface area contributed by atoms with Gasteiger partial charge in [-0.25, -0.2) is 0 Å². The second-order valence-corrected chi connectivity index (χ2v) is 5.39. The maximum absolute atomic E-state index is 5.59. The van der Waals surface area contributed by atoms with Crippen molar-refractivity contribution >= 4 is 15.9 Å². The number of rotatable bonds is 7. The molecule has 4 heteroatoms. The Labute approximate surface area is 122 Å². The molecular formula is C15H19BrN2O. The minimum Gasteiger partial charge on any atom is -0.466 e. The Kier molecular flexibility index (Phi) is 5.61. The molecule has 102 valence electrons. The van der Waals surface area contributed by atoms with Crippen LogP contribution in [-0.4, -0.2) is 11.5 Å². The quantitative estimate of drug-likeness (QED) is 0.833. The second kappa shape index (κ2) is 7.46. The summed E-state index contributed by atoms with van der Waals surface area (Å²) < 4.78 is 6.62. The Hall–Kier alpha value is -1.13. The summed E-state index contributed by atoms with van der Waals surface area (Å²) in [5.41, 5.74) is 1.26. The van der Waals surface area contributed by atoms with E-state index in [0.29, 0.717) is 0 Å². The van der Waals surface area contributed by atoms with Crippen LogP contribution < -0.4 is 5.32 Å². The van der Waals surface area contributed by atoms with Crippen LogP contribution in [0.2, 0.25) is 0 Å². The highest BCUT2D eigenvalue weighted by atomic mass is 79.9. The van der Waals surface area contributed by atoms with Crippen molar-refractivity contribution in [2.75, 3.05) is 6.54 Å². The summed E-state index contributed by atoms with van der Waals surface area (Å²) in [5.74, 6) is 0.984. The molecule has 0 saturated carbocycles. The number of aryl methyl sites for hydroxylation is 1. The van der Waals surface area contributed by atoms with Gasteiger partial charge in [0, 0.05) is 12.4 Å². The van der Waals surface area contributed by atoms with E-state index in [-0.39, 0.29) is 6.04 Å². The molecule has 3 nitrogen and oxygen atoms in total. The van der Waals surface area contributed by atoms with Gasteiger partial charge in [-0.3, -0.25) is 4.98 Å². The fraction of sp³-hybridized carbons (Fsp3) is 0.400.